The van der Waals surface area contributed by atoms with Crippen LogP contribution >= 0.6 is 27.3 Å². The highest BCUT2D eigenvalue weighted by Gasteiger charge is 2.27. The van der Waals surface area contributed by atoms with Crippen molar-refractivity contribution in [1.82, 2.24) is 5.32 Å². The van der Waals surface area contributed by atoms with Crippen molar-refractivity contribution in [3.63, 3.8) is 0 Å². The molecular formula is C11H17BrN2OS. The molecule has 0 aromatic carbocycles. The lowest BCUT2D eigenvalue weighted by molar-refractivity contribution is -0.124. The molecule has 0 bridgehead atoms. The number of nitrogens with one attached hydrogen (secondary N) is 1. The van der Waals surface area contributed by atoms with Crippen molar-refractivity contribution in [3.8, 4) is 0 Å². The molecule has 0 unspecified atom stereocenters. The number of halogens is 1. The largest absolute Gasteiger partial charge is 0.350 e. The van der Waals surface area contributed by atoms with Crippen LogP contribution in [0.4, 0.5) is 0 Å². The van der Waals surface area contributed by atoms with Gasteiger partial charge in [-0.25, -0.2) is 0 Å². The minimum atomic E-state index is -0.476. The molecule has 1 aromatic heterocycles. The van der Waals surface area contributed by atoms with Gasteiger partial charge in [-0.15, -0.1) is 11.3 Å². The highest BCUT2D eigenvalue weighted by Crippen LogP contribution is 2.22. The summed E-state index contributed by atoms with van der Waals surface area (Å²) in [6, 6.07) is 3.48. The van der Waals surface area contributed by atoms with Crippen molar-refractivity contribution < 1.29 is 4.79 Å². The van der Waals surface area contributed by atoms with Crippen molar-refractivity contribution in [2.24, 2.45) is 11.1 Å². The second-order valence-corrected chi connectivity index (χ2v) is 7.31. The summed E-state index contributed by atoms with van der Waals surface area (Å²) in [5, 5.41) is 2.84. The molecule has 1 aromatic rings. The predicted molar refractivity (Wildman–Crippen MR) is 71.3 cm³/mol. The molecule has 0 saturated carbocycles. The summed E-state index contributed by atoms with van der Waals surface area (Å²) in [7, 11) is 0. The van der Waals surface area contributed by atoms with Crippen LogP contribution in [0.5, 0.6) is 0 Å². The van der Waals surface area contributed by atoms with E-state index in [-0.39, 0.29) is 11.3 Å². The molecule has 1 heterocycles. The highest BCUT2D eigenvalue weighted by atomic mass is 79.9. The minimum absolute atomic E-state index is 0.1000. The van der Waals surface area contributed by atoms with Crippen LogP contribution in [0.15, 0.2) is 15.9 Å². The monoisotopic (exact) mass is 304 g/mol. The maximum atomic E-state index is 11.7. The predicted octanol–water partition coefficient (Wildman–Crippen LogP) is 2.50. The second-order valence-electron chi connectivity index (χ2n) is 4.77. The van der Waals surface area contributed by atoms with Gasteiger partial charge in [0.1, 0.15) is 0 Å². The number of carbonyl (C=O) groups excluding carboxylic acids is 1. The molecule has 0 aliphatic rings. The van der Waals surface area contributed by atoms with Crippen molar-refractivity contribution in [2.75, 3.05) is 0 Å². The first-order valence-electron chi connectivity index (χ1n) is 5.08. The Labute approximate surface area is 109 Å². The van der Waals surface area contributed by atoms with E-state index in [1.54, 1.807) is 11.3 Å². The number of nitrogens with two attached hydrogens (primary N) is 1. The number of carbonyl (C=O) groups is 1. The van der Waals surface area contributed by atoms with Crippen LogP contribution in [0.2, 0.25) is 0 Å². The molecule has 90 valence electrons. The zero-order chi connectivity index (χ0) is 12.3. The summed E-state index contributed by atoms with van der Waals surface area (Å²) in [5.41, 5.74) is 5.64. The first-order valence-corrected chi connectivity index (χ1v) is 6.69. The van der Waals surface area contributed by atoms with E-state index in [1.165, 1.54) is 0 Å². The van der Waals surface area contributed by atoms with Gasteiger partial charge in [0, 0.05) is 4.88 Å². The third kappa shape index (κ3) is 3.88. The molecule has 0 radical (unpaired) electrons. The smallest absolute Gasteiger partial charge is 0.237 e. The Hall–Kier alpha value is -0.390. The minimum Gasteiger partial charge on any atom is -0.350 e. The zero-order valence-corrected chi connectivity index (χ0v) is 12.1. The summed E-state index contributed by atoms with van der Waals surface area (Å²) in [6.45, 7) is 6.41. The van der Waals surface area contributed by atoms with Crippen LogP contribution < -0.4 is 11.1 Å². The summed E-state index contributed by atoms with van der Waals surface area (Å²) < 4.78 is 1.07. The third-order valence-corrected chi connectivity index (χ3v) is 3.90. The van der Waals surface area contributed by atoms with Gasteiger partial charge in [-0.2, -0.15) is 0 Å². The number of amides is 1. The Morgan fingerprint density at radius 3 is 2.62 bits per heavy atom. The average Bonchev–Trinajstić information content (AvgIpc) is 2.58. The van der Waals surface area contributed by atoms with E-state index in [0.717, 1.165) is 8.66 Å². The number of thiophene rings is 1. The van der Waals surface area contributed by atoms with Gasteiger partial charge in [0.2, 0.25) is 5.91 Å². The van der Waals surface area contributed by atoms with E-state index < -0.39 is 6.04 Å². The molecule has 3 nitrogen and oxygen atoms in total. The normalized spacial score (nSPS) is 13.6. The third-order valence-electron chi connectivity index (χ3n) is 2.28. The first kappa shape index (κ1) is 13.7. The van der Waals surface area contributed by atoms with Gasteiger partial charge in [-0.05, 0) is 33.5 Å². The van der Waals surface area contributed by atoms with Crippen LogP contribution in [0.1, 0.15) is 25.6 Å². The topological polar surface area (TPSA) is 55.1 Å². The summed E-state index contributed by atoms with van der Waals surface area (Å²) in [5.74, 6) is -0.1000. The Morgan fingerprint density at radius 2 is 2.19 bits per heavy atom. The van der Waals surface area contributed by atoms with Crippen molar-refractivity contribution in [1.29, 1.82) is 0 Å². The molecule has 0 aliphatic heterocycles. The van der Waals surface area contributed by atoms with E-state index in [4.69, 9.17) is 5.73 Å². The number of hydrogen-bond donors (Lipinski definition) is 2. The quantitative estimate of drug-likeness (QED) is 0.901. The Balaban J connectivity index is 2.47. The van der Waals surface area contributed by atoms with Crippen LogP contribution in [-0.2, 0) is 11.3 Å². The first-order chi connectivity index (χ1) is 7.30. The average molecular weight is 305 g/mol. The van der Waals surface area contributed by atoms with Gasteiger partial charge >= 0.3 is 0 Å². The molecule has 3 N–H and O–H groups in total. The lowest BCUT2D eigenvalue weighted by Gasteiger charge is -2.25. The van der Waals surface area contributed by atoms with E-state index in [9.17, 15) is 4.79 Å². The molecule has 16 heavy (non-hydrogen) atoms. The van der Waals surface area contributed by atoms with Crippen LogP contribution in [0, 0.1) is 5.41 Å². The van der Waals surface area contributed by atoms with E-state index in [0.29, 0.717) is 6.54 Å². The van der Waals surface area contributed by atoms with Gasteiger partial charge in [-0.1, -0.05) is 20.8 Å². The number of hydrogen-bond acceptors (Lipinski definition) is 3. The highest BCUT2D eigenvalue weighted by molar-refractivity contribution is 9.11. The van der Waals surface area contributed by atoms with Crippen LogP contribution in [-0.4, -0.2) is 11.9 Å². The van der Waals surface area contributed by atoms with Crippen molar-refractivity contribution in [2.45, 2.75) is 33.4 Å². The maximum Gasteiger partial charge on any atom is 0.237 e. The lowest BCUT2D eigenvalue weighted by Crippen LogP contribution is -2.48. The van der Waals surface area contributed by atoms with Gasteiger partial charge in [-0.3, -0.25) is 4.79 Å². The molecule has 5 heteroatoms. The van der Waals surface area contributed by atoms with Gasteiger partial charge in [0.05, 0.1) is 16.4 Å². The van der Waals surface area contributed by atoms with Gasteiger partial charge in [0.15, 0.2) is 0 Å². The van der Waals surface area contributed by atoms with Gasteiger partial charge < -0.3 is 11.1 Å². The molecule has 0 aliphatic carbocycles. The summed E-state index contributed by atoms with van der Waals surface area (Å²) >= 11 is 4.99. The van der Waals surface area contributed by atoms with E-state index in [2.05, 4.69) is 21.2 Å². The number of rotatable bonds is 3. The van der Waals surface area contributed by atoms with Crippen LogP contribution in [0.25, 0.3) is 0 Å². The fourth-order valence-corrected chi connectivity index (χ4v) is 2.55. The SMILES string of the molecule is CC(C)(C)[C@@H](N)C(=O)NCc1ccc(Br)s1. The molecular weight excluding hydrogens is 288 g/mol. The van der Waals surface area contributed by atoms with Crippen LogP contribution in [0.3, 0.4) is 0 Å². The molecule has 1 amide bonds. The Morgan fingerprint density at radius 1 is 1.56 bits per heavy atom. The Kier molecular flexibility index (Phi) is 4.52. The van der Waals surface area contributed by atoms with Crippen molar-refractivity contribution >= 4 is 33.2 Å². The van der Waals surface area contributed by atoms with Crippen molar-refractivity contribution in [3.05, 3.63) is 20.8 Å². The molecule has 0 spiro atoms. The molecule has 1 rings (SSSR count). The fraction of sp³-hybridized carbons (Fsp3) is 0.545. The zero-order valence-electron chi connectivity index (χ0n) is 9.71. The standard InChI is InChI=1S/C11H17BrN2OS/c1-11(2,3)9(13)10(15)14-6-7-4-5-8(12)16-7/h4-5,9H,6,13H2,1-3H3,(H,14,15)/t9-/m0/s1. The van der Waals surface area contributed by atoms with E-state index >= 15 is 0 Å². The molecule has 0 fully saturated rings. The summed E-state index contributed by atoms with van der Waals surface area (Å²) in [6.07, 6.45) is 0. The summed E-state index contributed by atoms with van der Waals surface area (Å²) in [4.78, 5) is 12.8. The van der Waals surface area contributed by atoms with Gasteiger partial charge in [0.25, 0.3) is 0 Å². The fourth-order valence-electron chi connectivity index (χ4n) is 1.12. The lowest BCUT2D eigenvalue weighted by atomic mass is 9.87. The molecule has 0 saturated heterocycles. The van der Waals surface area contributed by atoms with E-state index in [1.807, 2.05) is 32.9 Å². The molecule has 1 atom stereocenters. The second kappa shape index (κ2) is 5.29. The Bertz CT molecular complexity index is 370. The maximum absolute atomic E-state index is 11.7.